The standard InChI is InChI=1S/C26H26ClN3O2/c27-23(20-14-12-19(13-15-20)18-7-2-1-3-8-18)25(31)30-24(21-9-6-16-28-17-21)26(32)29-22-10-4-5-11-22/h1-3,6-9,12-17,22-24H,4-5,10-11H2,(H,29,32)(H,30,31). The number of hydrogen-bond donors (Lipinski definition) is 2. The van der Waals surface area contributed by atoms with Gasteiger partial charge in [0.1, 0.15) is 11.4 Å². The van der Waals surface area contributed by atoms with Crippen LogP contribution in [0.1, 0.15) is 48.2 Å². The van der Waals surface area contributed by atoms with Gasteiger partial charge in [0.05, 0.1) is 0 Å². The van der Waals surface area contributed by atoms with Crippen molar-refractivity contribution < 1.29 is 9.59 Å². The first-order valence-electron chi connectivity index (χ1n) is 10.9. The minimum atomic E-state index is -0.918. The van der Waals surface area contributed by atoms with Gasteiger partial charge in [-0.15, -0.1) is 11.6 Å². The fourth-order valence-electron chi connectivity index (χ4n) is 4.04. The number of halogens is 1. The molecule has 4 rings (SSSR count). The second-order valence-corrected chi connectivity index (χ2v) is 8.50. The molecular weight excluding hydrogens is 422 g/mol. The van der Waals surface area contributed by atoms with Crippen molar-refractivity contribution in [3.63, 3.8) is 0 Å². The molecule has 1 aliphatic rings. The number of pyridine rings is 1. The van der Waals surface area contributed by atoms with E-state index in [4.69, 9.17) is 11.6 Å². The number of carbonyl (C=O) groups excluding carboxylic acids is 2. The van der Waals surface area contributed by atoms with E-state index in [1.807, 2.05) is 54.6 Å². The van der Waals surface area contributed by atoms with Crippen LogP contribution >= 0.6 is 11.6 Å². The monoisotopic (exact) mass is 447 g/mol. The van der Waals surface area contributed by atoms with Crippen molar-refractivity contribution in [3.05, 3.63) is 90.3 Å². The zero-order valence-electron chi connectivity index (χ0n) is 17.7. The zero-order chi connectivity index (χ0) is 22.3. The second-order valence-electron chi connectivity index (χ2n) is 8.07. The van der Waals surface area contributed by atoms with E-state index in [1.54, 1.807) is 24.5 Å². The van der Waals surface area contributed by atoms with Crippen molar-refractivity contribution in [1.82, 2.24) is 15.6 Å². The van der Waals surface area contributed by atoms with Gasteiger partial charge in [0.2, 0.25) is 11.8 Å². The van der Waals surface area contributed by atoms with Gasteiger partial charge < -0.3 is 10.6 Å². The van der Waals surface area contributed by atoms with E-state index in [-0.39, 0.29) is 11.9 Å². The van der Waals surface area contributed by atoms with E-state index in [0.29, 0.717) is 11.1 Å². The molecule has 1 aromatic heterocycles. The van der Waals surface area contributed by atoms with E-state index >= 15 is 0 Å². The van der Waals surface area contributed by atoms with Crippen LogP contribution in [0.4, 0.5) is 0 Å². The van der Waals surface area contributed by atoms with Gasteiger partial charge in [-0.25, -0.2) is 0 Å². The quantitative estimate of drug-likeness (QED) is 0.503. The molecule has 5 nitrogen and oxygen atoms in total. The smallest absolute Gasteiger partial charge is 0.247 e. The average molecular weight is 448 g/mol. The van der Waals surface area contributed by atoms with Gasteiger partial charge >= 0.3 is 0 Å². The van der Waals surface area contributed by atoms with Crippen LogP contribution in [0.25, 0.3) is 11.1 Å². The minimum absolute atomic E-state index is 0.149. The first-order valence-corrected chi connectivity index (χ1v) is 11.4. The maximum absolute atomic E-state index is 13.0. The van der Waals surface area contributed by atoms with Gasteiger partial charge in [-0.3, -0.25) is 14.6 Å². The topological polar surface area (TPSA) is 71.1 Å². The third kappa shape index (κ3) is 5.35. The van der Waals surface area contributed by atoms with Crippen LogP contribution in [-0.2, 0) is 9.59 Å². The number of aromatic nitrogens is 1. The summed E-state index contributed by atoms with van der Waals surface area (Å²) >= 11 is 6.50. The Balaban J connectivity index is 1.47. The first kappa shape index (κ1) is 22.0. The Labute approximate surface area is 193 Å². The Morgan fingerprint density at radius 1 is 0.844 bits per heavy atom. The molecule has 0 spiro atoms. The molecule has 32 heavy (non-hydrogen) atoms. The molecule has 2 N–H and O–H groups in total. The van der Waals surface area contributed by atoms with Gasteiger partial charge in [0.15, 0.2) is 0 Å². The van der Waals surface area contributed by atoms with Crippen LogP contribution in [0.5, 0.6) is 0 Å². The lowest BCUT2D eigenvalue weighted by Crippen LogP contribution is -2.44. The predicted octanol–water partition coefficient (Wildman–Crippen LogP) is 4.94. The number of carbonyl (C=O) groups is 2. The van der Waals surface area contributed by atoms with E-state index in [9.17, 15) is 9.59 Å². The summed E-state index contributed by atoms with van der Waals surface area (Å²) in [6, 6.07) is 20.4. The molecule has 1 saturated carbocycles. The molecule has 1 fully saturated rings. The molecule has 0 saturated heterocycles. The fourth-order valence-corrected chi connectivity index (χ4v) is 4.25. The highest BCUT2D eigenvalue weighted by Crippen LogP contribution is 2.26. The summed E-state index contributed by atoms with van der Waals surface area (Å²) in [7, 11) is 0. The summed E-state index contributed by atoms with van der Waals surface area (Å²) < 4.78 is 0. The first-order chi connectivity index (χ1) is 15.6. The molecule has 0 aliphatic heterocycles. The van der Waals surface area contributed by atoms with Crippen molar-refractivity contribution in [2.45, 2.75) is 43.1 Å². The van der Waals surface area contributed by atoms with Crippen molar-refractivity contribution in [1.29, 1.82) is 0 Å². The van der Waals surface area contributed by atoms with Gasteiger partial charge in [-0.1, -0.05) is 73.5 Å². The summed E-state index contributed by atoms with van der Waals surface area (Å²) in [4.78, 5) is 30.1. The Kier molecular flexibility index (Phi) is 7.17. The Morgan fingerprint density at radius 2 is 1.53 bits per heavy atom. The lowest BCUT2D eigenvalue weighted by molar-refractivity contribution is -0.129. The number of nitrogens with one attached hydrogen (secondary N) is 2. The average Bonchev–Trinajstić information content (AvgIpc) is 3.36. The third-order valence-corrected chi connectivity index (χ3v) is 6.26. The Bertz CT molecular complexity index is 1040. The van der Waals surface area contributed by atoms with Crippen molar-refractivity contribution in [2.24, 2.45) is 0 Å². The highest BCUT2D eigenvalue weighted by molar-refractivity contribution is 6.31. The van der Waals surface area contributed by atoms with Gasteiger partial charge in [-0.05, 0) is 35.6 Å². The highest BCUT2D eigenvalue weighted by atomic mass is 35.5. The van der Waals surface area contributed by atoms with Crippen LogP contribution in [0.3, 0.4) is 0 Å². The molecule has 3 aromatic rings. The molecule has 164 valence electrons. The van der Waals surface area contributed by atoms with E-state index in [0.717, 1.165) is 36.8 Å². The molecule has 1 aliphatic carbocycles. The van der Waals surface area contributed by atoms with Crippen molar-refractivity contribution in [3.8, 4) is 11.1 Å². The molecule has 0 bridgehead atoms. The van der Waals surface area contributed by atoms with E-state index in [2.05, 4.69) is 15.6 Å². The Morgan fingerprint density at radius 3 is 2.19 bits per heavy atom. The molecule has 2 amide bonds. The summed E-state index contributed by atoms with van der Waals surface area (Å²) in [5, 5.41) is 4.97. The number of amides is 2. The molecule has 2 atom stereocenters. The normalized spacial score (nSPS) is 15.7. The molecular formula is C26H26ClN3O2. The van der Waals surface area contributed by atoms with E-state index < -0.39 is 17.3 Å². The predicted molar refractivity (Wildman–Crippen MR) is 126 cm³/mol. The van der Waals surface area contributed by atoms with Crippen LogP contribution in [0.15, 0.2) is 79.1 Å². The molecule has 2 unspecified atom stereocenters. The molecule has 0 radical (unpaired) electrons. The van der Waals surface area contributed by atoms with E-state index in [1.165, 1.54) is 0 Å². The zero-order valence-corrected chi connectivity index (χ0v) is 18.5. The third-order valence-electron chi connectivity index (χ3n) is 5.81. The molecule has 2 aromatic carbocycles. The molecule has 1 heterocycles. The van der Waals surface area contributed by atoms with Gasteiger partial charge in [0, 0.05) is 24.0 Å². The van der Waals surface area contributed by atoms with Crippen LogP contribution < -0.4 is 10.6 Å². The molecule has 6 heteroatoms. The largest absolute Gasteiger partial charge is 0.351 e. The SMILES string of the molecule is O=C(NC(C(=O)NC1CCCC1)c1cccnc1)C(Cl)c1ccc(-c2ccccc2)cc1. The van der Waals surface area contributed by atoms with Crippen LogP contribution in [0, 0.1) is 0 Å². The van der Waals surface area contributed by atoms with Crippen LogP contribution in [-0.4, -0.2) is 22.8 Å². The summed E-state index contributed by atoms with van der Waals surface area (Å²) in [6.45, 7) is 0. The number of benzene rings is 2. The summed E-state index contributed by atoms with van der Waals surface area (Å²) in [6.07, 6.45) is 7.37. The minimum Gasteiger partial charge on any atom is -0.351 e. The number of rotatable bonds is 7. The maximum atomic E-state index is 13.0. The summed E-state index contributed by atoms with van der Waals surface area (Å²) in [5.74, 6) is -0.656. The second kappa shape index (κ2) is 10.4. The number of alkyl halides is 1. The summed E-state index contributed by atoms with van der Waals surface area (Å²) in [5.41, 5.74) is 3.43. The van der Waals surface area contributed by atoms with Gasteiger partial charge in [-0.2, -0.15) is 0 Å². The number of hydrogen-bond acceptors (Lipinski definition) is 3. The van der Waals surface area contributed by atoms with Crippen molar-refractivity contribution in [2.75, 3.05) is 0 Å². The lowest BCUT2D eigenvalue weighted by Gasteiger charge is -2.22. The Hall–Kier alpha value is -3.18. The highest BCUT2D eigenvalue weighted by Gasteiger charge is 2.29. The maximum Gasteiger partial charge on any atom is 0.247 e. The number of nitrogens with zero attached hydrogens (tertiary/aromatic N) is 1. The van der Waals surface area contributed by atoms with Crippen molar-refractivity contribution >= 4 is 23.4 Å². The van der Waals surface area contributed by atoms with Crippen LogP contribution in [0.2, 0.25) is 0 Å². The fraction of sp³-hybridized carbons (Fsp3) is 0.269. The lowest BCUT2D eigenvalue weighted by atomic mass is 10.0. The van der Waals surface area contributed by atoms with Gasteiger partial charge in [0.25, 0.3) is 0 Å².